The number of nitrogens with zero attached hydrogens (tertiary/aromatic N) is 1. The molecule has 2 rings (SSSR count). The van der Waals surface area contributed by atoms with E-state index in [1.807, 2.05) is 0 Å². The van der Waals surface area contributed by atoms with E-state index in [0.717, 1.165) is 18.9 Å². The smallest absolute Gasteiger partial charge is 0.305 e. The standard InChI is InChI=1S/C14H18F2N2O3/c15-12-8-13(16)14(18(19)20)7-10(12)9-17-5-6-21-11-3-1-2-4-11/h7-8,11,17H,1-6,9H2. The van der Waals surface area contributed by atoms with E-state index < -0.39 is 22.2 Å². The Morgan fingerprint density at radius 3 is 2.67 bits per heavy atom. The molecule has 5 nitrogen and oxygen atoms in total. The van der Waals surface area contributed by atoms with E-state index in [1.165, 1.54) is 12.8 Å². The van der Waals surface area contributed by atoms with E-state index in [-0.39, 0.29) is 12.1 Å². The highest BCUT2D eigenvalue weighted by atomic mass is 19.1. The number of nitrogens with one attached hydrogen (secondary N) is 1. The van der Waals surface area contributed by atoms with Crippen molar-refractivity contribution in [2.75, 3.05) is 13.2 Å². The molecular weight excluding hydrogens is 282 g/mol. The Kier molecular flexibility index (Phi) is 5.58. The molecule has 21 heavy (non-hydrogen) atoms. The van der Waals surface area contributed by atoms with Gasteiger partial charge in [0.25, 0.3) is 0 Å². The van der Waals surface area contributed by atoms with Crippen LogP contribution in [0.5, 0.6) is 0 Å². The zero-order chi connectivity index (χ0) is 15.2. The summed E-state index contributed by atoms with van der Waals surface area (Å²) >= 11 is 0. The van der Waals surface area contributed by atoms with Crippen molar-refractivity contribution in [2.45, 2.75) is 38.3 Å². The molecule has 0 aromatic heterocycles. The van der Waals surface area contributed by atoms with Gasteiger partial charge in [-0.05, 0) is 12.8 Å². The largest absolute Gasteiger partial charge is 0.377 e. The number of hydrogen-bond donors (Lipinski definition) is 1. The van der Waals surface area contributed by atoms with Crippen LogP contribution < -0.4 is 5.32 Å². The van der Waals surface area contributed by atoms with Gasteiger partial charge >= 0.3 is 5.69 Å². The van der Waals surface area contributed by atoms with Gasteiger partial charge in [0.2, 0.25) is 5.82 Å². The molecule has 1 fully saturated rings. The van der Waals surface area contributed by atoms with Gasteiger partial charge in [-0.3, -0.25) is 10.1 Å². The van der Waals surface area contributed by atoms with Crippen molar-refractivity contribution in [3.63, 3.8) is 0 Å². The zero-order valence-electron chi connectivity index (χ0n) is 11.6. The molecule has 116 valence electrons. The molecule has 0 atom stereocenters. The second kappa shape index (κ2) is 7.42. The van der Waals surface area contributed by atoms with Crippen molar-refractivity contribution < 1.29 is 18.4 Å². The number of rotatable bonds is 7. The number of halogens is 2. The number of hydrogen-bond acceptors (Lipinski definition) is 4. The summed E-state index contributed by atoms with van der Waals surface area (Å²) in [7, 11) is 0. The maximum Gasteiger partial charge on any atom is 0.305 e. The maximum atomic E-state index is 13.5. The van der Waals surface area contributed by atoms with E-state index in [0.29, 0.717) is 25.3 Å². The summed E-state index contributed by atoms with van der Waals surface area (Å²) in [5, 5.41) is 13.6. The Morgan fingerprint density at radius 2 is 2.00 bits per heavy atom. The number of benzene rings is 1. The molecule has 0 saturated heterocycles. The van der Waals surface area contributed by atoms with Crippen LogP contribution in [-0.4, -0.2) is 24.2 Å². The Bertz CT molecular complexity index is 505. The molecule has 1 aromatic carbocycles. The van der Waals surface area contributed by atoms with E-state index in [2.05, 4.69) is 5.32 Å². The van der Waals surface area contributed by atoms with Crippen molar-refractivity contribution in [3.05, 3.63) is 39.4 Å². The summed E-state index contributed by atoms with van der Waals surface area (Å²) in [4.78, 5) is 9.75. The van der Waals surface area contributed by atoms with Gasteiger partial charge in [-0.1, -0.05) is 12.8 Å². The third kappa shape index (κ3) is 4.44. The van der Waals surface area contributed by atoms with E-state index >= 15 is 0 Å². The second-order valence-electron chi connectivity index (χ2n) is 5.11. The molecule has 1 aromatic rings. The molecule has 0 spiro atoms. The van der Waals surface area contributed by atoms with Crippen molar-refractivity contribution in [3.8, 4) is 0 Å². The second-order valence-corrected chi connectivity index (χ2v) is 5.11. The summed E-state index contributed by atoms with van der Waals surface area (Å²) in [5.41, 5.74) is -0.639. The van der Waals surface area contributed by atoms with Crippen LogP contribution >= 0.6 is 0 Å². The maximum absolute atomic E-state index is 13.5. The van der Waals surface area contributed by atoms with Crippen LogP contribution in [0.1, 0.15) is 31.2 Å². The Morgan fingerprint density at radius 1 is 1.29 bits per heavy atom. The predicted octanol–water partition coefficient (Wildman–Crippen LogP) is 2.92. The summed E-state index contributed by atoms with van der Waals surface area (Å²) < 4.78 is 32.3. The Labute approximate surface area is 121 Å². The quantitative estimate of drug-likeness (QED) is 0.478. The molecule has 0 heterocycles. The van der Waals surface area contributed by atoms with Gasteiger partial charge in [0.05, 0.1) is 17.6 Å². The molecular formula is C14H18F2N2O3. The van der Waals surface area contributed by atoms with Gasteiger partial charge in [-0.15, -0.1) is 0 Å². The monoisotopic (exact) mass is 300 g/mol. The Hall–Kier alpha value is -1.60. The van der Waals surface area contributed by atoms with Gasteiger partial charge < -0.3 is 10.1 Å². The third-order valence-corrected chi connectivity index (χ3v) is 3.56. The lowest BCUT2D eigenvalue weighted by Crippen LogP contribution is -2.22. The molecule has 0 aliphatic heterocycles. The lowest BCUT2D eigenvalue weighted by Gasteiger charge is -2.11. The zero-order valence-corrected chi connectivity index (χ0v) is 11.6. The minimum atomic E-state index is -1.16. The van der Waals surface area contributed by atoms with Crippen LogP contribution in [0.2, 0.25) is 0 Å². The fourth-order valence-corrected chi connectivity index (χ4v) is 2.43. The van der Waals surface area contributed by atoms with Crippen LogP contribution in [0.3, 0.4) is 0 Å². The van der Waals surface area contributed by atoms with Crippen molar-refractivity contribution >= 4 is 5.69 Å². The average molecular weight is 300 g/mol. The third-order valence-electron chi connectivity index (χ3n) is 3.56. The van der Waals surface area contributed by atoms with Gasteiger partial charge in [-0.25, -0.2) is 4.39 Å². The average Bonchev–Trinajstić information content (AvgIpc) is 2.93. The van der Waals surface area contributed by atoms with Gasteiger partial charge in [-0.2, -0.15) is 4.39 Å². The number of nitro benzene ring substituents is 1. The van der Waals surface area contributed by atoms with E-state index in [1.54, 1.807) is 0 Å². The summed E-state index contributed by atoms with van der Waals surface area (Å²) in [6.07, 6.45) is 4.87. The van der Waals surface area contributed by atoms with Crippen molar-refractivity contribution in [1.29, 1.82) is 0 Å². The van der Waals surface area contributed by atoms with Crippen molar-refractivity contribution in [1.82, 2.24) is 5.32 Å². The first kappa shape index (κ1) is 15.8. The first-order valence-corrected chi connectivity index (χ1v) is 7.02. The fourth-order valence-electron chi connectivity index (χ4n) is 2.43. The first-order chi connectivity index (χ1) is 10.1. The van der Waals surface area contributed by atoms with Gasteiger partial charge in [0.1, 0.15) is 5.82 Å². The fraction of sp³-hybridized carbons (Fsp3) is 0.571. The van der Waals surface area contributed by atoms with Crippen LogP contribution in [0.4, 0.5) is 14.5 Å². The SMILES string of the molecule is O=[N+]([O-])c1cc(CNCCOC2CCCC2)c(F)cc1F. The minimum absolute atomic E-state index is 0.0731. The predicted molar refractivity (Wildman–Crippen MR) is 72.9 cm³/mol. The molecule has 7 heteroatoms. The molecule has 0 unspecified atom stereocenters. The number of nitro groups is 1. The molecule has 0 bridgehead atoms. The normalized spacial score (nSPS) is 15.5. The highest BCUT2D eigenvalue weighted by Gasteiger charge is 2.18. The summed E-state index contributed by atoms with van der Waals surface area (Å²) in [5.74, 6) is -1.95. The van der Waals surface area contributed by atoms with E-state index in [4.69, 9.17) is 4.74 Å². The van der Waals surface area contributed by atoms with Crippen LogP contribution in [0.15, 0.2) is 12.1 Å². The van der Waals surface area contributed by atoms with E-state index in [9.17, 15) is 18.9 Å². The molecule has 1 N–H and O–H groups in total. The Balaban J connectivity index is 1.79. The molecule has 1 aliphatic carbocycles. The molecule has 0 radical (unpaired) electrons. The lowest BCUT2D eigenvalue weighted by molar-refractivity contribution is -0.387. The summed E-state index contributed by atoms with van der Waals surface area (Å²) in [6.45, 7) is 1.12. The van der Waals surface area contributed by atoms with Gasteiger partial charge in [0.15, 0.2) is 0 Å². The highest BCUT2D eigenvalue weighted by Crippen LogP contribution is 2.22. The molecule has 0 amide bonds. The molecule has 1 saturated carbocycles. The van der Waals surface area contributed by atoms with Crippen LogP contribution in [-0.2, 0) is 11.3 Å². The van der Waals surface area contributed by atoms with Crippen LogP contribution in [0.25, 0.3) is 0 Å². The minimum Gasteiger partial charge on any atom is -0.377 e. The summed E-state index contributed by atoms with van der Waals surface area (Å²) in [6, 6.07) is 1.47. The topological polar surface area (TPSA) is 64.4 Å². The van der Waals surface area contributed by atoms with Gasteiger partial charge in [0, 0.05) is 30.8 Å². The highest BCUT2D eigenvalue weighted by molar-refractivity contribution is 5.37. The lowest BCUT2D eigenvalue weighted by atomic mass is 10.2. The molecule has 1 aliphatic rings. The first-order valence-electron chi connectivity index (χ1n) is 7.02. The number of ether oxygens (including phenoxy) is 1. The van der Waals surface area contributed by atoms with Crippen LogP contribution in [0, 0.1) is 21.7 Å². The van der Waals surface area contributed by atoms with Crippen molar-refractivity contribution in [2.24, 2.45) is 0 Å².